The summed E-state index contributed by atoms with van der Waals surface area (Å²) in [5.41, 5.74) is 3.08. The van der Waals surface area contributed by atoms with Crippen LogP contribution in [0.4, 0.5) is 11.5 Å². The second kappa shape index (κ2) is 11.1. The van der Waals surface area contributed by atoms with E-state index in [4.69, 9.17) is 16.3 Å². The molecular weight excluding hydrogens is 492 g/mol. The molecule has 4 heterocycles. The third-order valence-corrected chi connectivity index (χ3v) is 6.70. The molecule has 0 aliphatic carbocycles. The number of hydrogen-bond acceptors (Lipinski definition) is 8. The van der Waals surface area contributed by atoms with Crippen LogP contribution >= 0.6 is 11.6 Å². The first-order chi connectivity index (χ1) is 18.0. The zero-order valence-corrected chi connectivity index (χ0v) is 21.5. The molecule has 1 aliphatic heterocycles. The molecule has 1 fully saturated rings. The Morgan fingerprint density at radius 3 is 2.65 bits per heavy atom. The van der Waals surface area contributed by atoms with Crippen molar-refractivity contribution in [3.8, 4) is 17.1 Å². The first kappa shape index (κ1) is 24.9. The Kier molecular flexibility index (Phi) is 7.47. The van der Waals surface area contributed by atoms with Gasteiger partial charge in [0.15, 0.2) is 18.1 Å². The fourth-order valence-corrected chi connectivity index (χ4v) is 4.57. The summed E-state index contributed by atoms with van der Waals surface area (Å²) >= 11 is 6.55. The van der Waals surface area contributed by atoms with Crippen molar-refractivity contribution in [1.82, 2.24) is 29.8 Å². The van der Waals surface area contributed by atoms with Gasteiger partial charge in [0.25, 0.3) is 5.91 Å². The molecule has 3 N–H and O–H groups in total. The molecule has 0 atom stereocenters. The first-order valence-electron chi connectivity index (χ1n) is 12.3. The number of rotatable bonds is 8. The van der Waals surface area contributed by atoms with Gasteiger partial charge in [-0.15, -0.1) is 0 Å². The fourth-order valence-electron chi connectivity index (χ4n) is 4.38. The summed E-state index contributed by atoms with van der Waals surface area (Å²) in [5.74, 6) is 1.29. The highest BCUT2D eigenvalue weighted by Gasteiger charge is 2.23. The molecule has 192 valence electrons. The number of halogens is 1. The summed E-state index contributed by atoms with van der Waals surface area (Å²) in [7, 11) is 0. The predicted octanol–water partition coefficient (Wildman–Crippen LogP) is 4.37. The Morgan fingerprint density at radius 1 is 1.16 bits per heavy atom. The van der Waals surface area contributed by atoms with Gasteiger partial charge >= 0.3 is 0 Å². The number of carbonyl (C=O) groups excluding carboxylic acids is 1. The van der Waals surface area contributed by atoms with Crippen LogP contribution in [0.15, 0.2) is 49.1 Å². The lowest BCUT2D eigenvalue weighted by Gasteiger charge is -2.35. The van der Waals surface area contributed by atoms with Gasteiger partial charge in [0.05, 0.1) is 23.1 Å². The first-order valence-corrected chi connectivity index (χ1v) is 12.7. The van der Waals surface area contributed by atoms with Gasteiger partial charge in [0.2, 0.25) is 0 Å². The molecule has 1 aromatic carbocycles. The Labute approximate surface area is 219 Å². The number of aromatic amines is 1. The zero-order chi connectivity index (χ0) is 25.8. The van der Waals surface area contributed by atoms with Crippen molar-refractivity contribution in [3.05, 3.63) is 54.1 Å². The minimum atomic E-state index is -0.320. The van der Waals surface area contributed by atoms with Crippen molar-refractivity contribution >= 4 is 40.2 Å². The Morgan fingerprint density at radius 2 is 1.95 bits per heavy atom. The lowest BCUT2D eigenvalue weighted by molar-refractivity contribution is -0.118. The van der Waals surface area contributed by atoms with Crippen molar-refractivity contribution in [3.63, 3.8) is 0 Å². The molecule has 10 nitrogen and oxygen atoms in total. The number of pyridine rings is 1. The number of benzene rings is 1. The third-order valence-electron chi connectivity index (χ3n) is 6.41. The van der Waals surface area contributed by atoms with E-state index in [9.17, 15) is 4.79 Å². The number of aromatic nitrogens is 5. The van der Waals surface area contributed by atoms with Crippen LogP contribution in [0, 0.1) is 0 Å². The van der Waals surface area contributed by atoms with Crippen molar-refractivity contribution in [2.45, 2.75) is 38.8 Å². The number of nitrogens with zero attached hydrogens (tertiary/aromatic N) is 5. The Hall–Kier alpha value is -3.76. The number of imidazole rings is 1. The van der Waals surface area contributed by atoms with E-state index in [2.05, 4.69) is 54.3 Å². The number of piperidine rings is 1. The Bertz CT molecular complexity index is 1350. The van der Waals surface area contributed by atoms with E-state index in [-0.39, 0.29) is 12.5 Å². The molecule has 0 unspecified atom stereocenters. The van der Waals surface area contributed by atoms with Gasteiger partial charge in [-0.1, -0.05) is 11.6 Å². The molecule has 0 saturated carbocycles. The van der Waals surface area contributed by atoms with Crippen LogP contribution in [-0.2, 0) is 4.79 Å². The van der Waals surface area contributed by atoms with Gasteiger partial charge in [-0.25, -0.2) is 15.0 Å². The minimum absolute atomic E-state index is 0.145. The second-order valence-electron chi connectivity index (χ2n) is 9.27. The average Bonchev–Trinajstić information content (AvgIpc) is 3.35. The number of likely N-dealkylation sites (tertiary alicyclic amines) is 1. The second-order valence-corrected chi connectivity index (χ2v) is 9.67. The maximum absolute atomic E-state index is 12.1. The van der Waals surface area contributed by atoms with Gasteiger partial charge in [0.1, 0.15) is 17.1 Å². The number of carbonyl (C=O) groups is 1. The monoisotopic (exact) mass is 520 g/mol. The van der Waals surface area contributed by atoms with Gasteiger partial charge in [0, 0.05) is 43.1 Å². The van der Waals surface area contributed by atoms with Gasteiger partial charge < -0.3 is 25.3 Å². The third kappa shape index (κ3) is 5.98. The van der Waals surface area contributed by atoms with Gasteiger partial charge in [-0.3, -0.25) is 9.78 Å². The van der Waals surface area contributed by atoms with E-state index in [1.807, 2.05) is 12.1 Å². The molecule has 0 spiro atoms. The number of nitrogens with one attached hydrogen (secondary N) is 3. The number of fused-ring (bicyclic) bond motifs is 1. The molecule has 0 bridgehead atoms. The van der Waals surface area contributed by atoms with Crippen molar-refractivity contribution < 1.29 is 9.53 Å². The van der Waals surface area contributed by atoms with Crippen LogP contribution < -0.4 is 15.4 Å². The topological polar surface area (TPSA) is 121 Å². The molecule has 4 aromatic rings. The highest BCUT2D eigenvalue weighted by atomic mass is 35.5. The summed E-state index contributed by atoms with van der Waals surface area (Å²) < 4.78 is 5.60. The SMILES string of the molecule is CC(C)N1CCC(Nc2c(Cl)cnc3nc(-c4ccc(OCC(=O)Nc5cnccn5)cc4)[nH]c23)CC1. The molecule has 37 heavy (non-hydrogen) atoms. The lowest BCUT2D eigenvalue weighted by Crippen LogP contribution is -2.42. The summed E-state index contributed by atoms with van der Waals surface area (Å²) in [6.07, 6.45) is 8.26. The number of amides is 1. The summed E-state index contributed by atoms with van der Waals surface area (Å²) in [4.78, 5) is 35.0. The van der Waals surface area contributed by atoms with Crippen LogP contribution in [0.25, 0.3) is 22.6 Å². The predicted molar refractivity (Wildman–Crippen MR) is 144 cm³/mol. The Balaban J connectivity index is 1.25. The van der Waals surface area contributed by atoms with Gasteiger partial charge in [-0.05, 0) is 51.0 Å². The quantitative estimate of drug-likeness (QED) is 0.313. The average molecular weight is 521 g/mol. The van der Waals surface area contributed by atoms with Crippen molar-refractivity contribution in [2.75, 3.05) is 30.3 Å². The number of ether oxygens (including phenoxy) is 1. The molecule has 1 saturated heterocycles. The van der Waals surface area contributed by atoms with E-state index in [1.165, 1.54) is 18.6 Å². The highest BCUT2D eigenvalue weighted by molar-refractivity contribution is 6.34. The van der Waals surface area contributed by atoms with E-state index < -0.39 is 0 Å². The number of H-pyrrole nitrogens is 1. The molecule has 11 heteroatoms. The molecule has 3 aromatic heterocycles. The van der Waals surface area contributed by atoms with Crippen LogP contribution in [0.5, 0.6) is 5.75 Å². The zero-order valence-electron chi connectivity index (χ0n) is 20.7. The molecule has 1 amide bonds. The van der Waals surface area contributed by atoms with E-state index >= 15 is 0 Å². The number of hydrogen-bond donors (Lipinski definition) is 3. The van der Waals surface area contributed by atoms with Crippen LogP contribution in [0.2, 0.25) is 5.02 Å². The largest absolute Gasteiger partial charge is 0.484 e. The summed E-state index contributed by atoms with van der Waals surface area (Å²) in [6.45, 7) is 6.45. The minimum Gasteiger partial charge on any atom is -0.484 e. The van der Waals surface area contributed by atoms with Crippen LogP contribution in [0.3, 0.4) is 0 Å². The smallest absolute Gasteiger partial charge is 0.263 e. The maximum atomic E-state index is 12.1. The standard InChI is InChI=1S/C26H29ClN8O2/c1-16(2)35-11-7-18(8-12-35)31-23-20(27)13-30-26-24(23)33-25(34-26)17-3-5-19(6-4-17)37-15-22(36)32-21-14-28-9-10-29-21/h3-6,9-10,13-14,16,18H,7-8,11-12,15H2,1-2H3,(H,29,32,36)(H2,30,31,33,34). The molecule has 1 aliphatic rings. The molecule has 0 radical (unpaired) electrons. The van der Waals surface area contributed by atoms with Crippen molar-refractivity contribution in [2.24, 2.45) is 0 Å². The summed E-state index contributed by atoms with van der Waals surface area (Å²) in [6, 6.07) is 8.24. The van der Waals surface area contributed by atoms with E-state index in [0.717, 1.165) is 42.7 Å². The molecule has 5 rings (SSSR count). The number of anilines is 2. The van der Waals surface area contributed by atoms with E-state index in [0.29, 0.717) is 40.1 Å². The fraction of sp³-hybridized carbons (Fsp3) is 0.346. The van der Waals surface area contributed by atoms with Crippen LogP contribution in [-0.4, -0.2) is 67.5 Å². The molecular formula is C26H29ClN8O2. The van der Waals surface area contributed by atoms with Crippen LogP contribution in [0.1, 0.15) is 26.7 Å². The maximum Gasteiger partial charge on any atom is 0.263 e. The van der Waals surface area contributed by atoms with E-state index in [1.54, 1.807) is 18.3 Å². The normalized spacial score (nSPS) is 14.7. The lowest BCUT2D eigenvalue weighted by atomic mass is 10.0. The van der Waals surface area contributed by atoms with Crippen molar-refractivity contribution in [1.29, 1.82) is 0 Å². The van der Waals surface area contributed by atoms with Gasteiger partial charge in [-0.2, -0.15) is 0 Å². The highest BCUT2D eigenvalue weighted by Crippen LogP contribution is 2.32. The summed E-state index contributed by atoms with van der Waals surface area (Å²) in [5, 5.41) is 6.83.